The molecular weight excluding hydrogens is 266 g/mol. The van der Waals surface area contributed by atoms with Crippen molar-refractivity contribution in [3.8, 4) is 5.69 Å². The van der Waals surface area contributed by atoms with E-state index in [1.165, 1.54) is 0 Å². The van der Waals surface area contributed by atoms with Crippen LogP contribution in [0.4, 0.5) is 0 Å². The molecule has 0 fully saturated rings. The molecule has 6 heteroatoms. The number of aryl methyl sites for hydroxylation is 2. The van der Waals surface area contributed by atoms with E-state index in [9.17, 15) is 5.11 Å². The zero-order valence-corrected chi connectivity index (χ0v) is 12.0. The highest BCUT2D eigenvalue weighted by atomic mass is 16.3. The molecule has 2 aromatic heterocycles. The molecule has 21 heavy (non-hydrogen) atoms. The minimum Gasteiger partial charge on any atom is -0.380 e. The highest BCUT2D eigenvalue weighted by Gasteiger charge is 2.21. The number of rotatable bonds is 4. The number of aromatic nitrogens is 5. The van der Waals surface area contributed by atoms with Crippen LogP contribution in [0, 0.1) is 0 Å². The molecule has 0 aliphatic rings. The molecule has 1 N–H and O–H groups in total. The number of aliphatic hydroxyl groups excluding tert-OH is 1. The lowest BCUT2D eigenvalue weighted by Crippen LogP contribution is -2.12. The first-order chi connectivity index (χ1) is 10.2. The second-order valence-electron chi connectivity index (χ2n) is 4.85. The summed E-state index contributed by atoms with van der Waals surface area (Å²) in [6.07, 6.45) is 1.59. The Morgan fingerprint density at radius 1 is 1.19 bits per heavy atom. The van der Waals surface area contributed by atoms with Crippen molar-refractivity contribution in [2.45, 2.75) is 19.4 Å². The SMILES string of the molecule is CCc1cc(C(O)c2cnnn2-c2ccccc2)n(C)n1. The lowest BCUT2D eigenvalue weighted by Gasteiger charge is -2.12. The first kappa shape index (κ1) is 13.5. The topological polar surface area (TPSA) is 68.8 Å². The summed E-state index contributed by atoms with van der Waals surface area (Å²) in [7, 11) is 1.83. The Labute approximate surface area is 122 Å². The average Bonchev–Trinajstić information content (AvgIpc) is 3.14. The van der Waals surface area contributed by atoms with Crippen molar-refractivity contribution < 1.29 is 5.11 Å². The molecule has 0 bridgehead atoms. The summed E-state index contributed by atoms with van der Waals surface area (Å²) < 4.78 is 3.34. The Kier molecular flexibility index (Phi) is 3.53. The third-order valence-corrected chi connectivity index (χ3v) is 3.47. The fourth-order valence-corrected chi connectivity index (χ4v) is 2.32. The number of hydrogen-bond acceptors (Lipinski definition) is 4. The molecular formula is C15H17N5O. The minimum absolute atomic E-state index is 0.617. The predicted molar refractivity (Wildman–Crippen MR) is 78.0 cm³/mol. The first-order valence-electron chi connectivity index (χ1n) is 6.87. The molecule has 1 aromatic carbocycles. The van der Waals surface area contributed by atoms with E-state index in [1.807, 2.05) is 50.4 Å². The molecule has 0 radical (unpaired) electrons. The maximum Gasteiger partial charge on any atom is 0.139 e. The summed E-state index contributed by atoms with van der Waals surface area (Å²) in [5.41, 5.74) is 3.16. The van der Waals surface area contributed by atoms with Gasteiger partial charge in [0.1, 0.15) is 6.10 Å². The Hall–Kier alpha value is -2.47. The number of nitrogens with zero attached hydrogens (tertiary/aromatic N) is 5. The number of para-hydroxylation sites is 1. The first-order valence-corrected chi connectivity index (χ1v) is 6.87. The van der Waals surface area contributed by atoms with Crippen molar-refractivity contribution >= 4 is 0 Å². The van der Waals surface area contributed by atoms with E-state index in [-0.39, 0.29) is 0 Å². The van der Waals surface area contributed by atoms with E-state index in [1.54, 1.807) is 15.6 Å². The molecule has 0 aliphatic carbocycles. The molecule has 3 aromatic rings. The molecule has 108 valence electrons. The van der Waals surface area contributed by atoms with Crippen LogP contribution in [0.1, 0.15) is 30.1 Å². The van der Waals surface area contributed by atoms with Gasteiger partial charge in [-0.05, 0) is 24.6 Å². The second-order valence-corrected chi connectivity index (χ2v) is 4.85. The van der Waals surface area contributed by atoms with Crippen LogP contribution in [0.2, 0.25) is 0 Å². The van der Waals surface area contributed by atoms with E-state index in [0.717, 1.165) is 23.5 Å². The van der Waals surface area contributed by atoms with Crippen molar-refractivity contribution in [1.29, 1.82) is 0 Å². The maximum absolute atomic E-state index is 10.7. The van der Waals surface area contributed by atoms with Crippen LogP contribution < -0.4 is 0 Å². The van der Waals surface area contributed by atoms with E-state index in [0.29, 0.717) is 5.69 Å². The van der Waals surface area contributed by atoms with Gasteiger partial charge < -0.3 is 5.11 Å². The molecule has 3 rings (SSSR count). The third-order valence-electron chi connectivity index (χ3n) is 3.47. The van der Waals surface area contributed by atoms with Gasteiger partial charge in [0.2, 0.25) is 0 Å². The van der Waals surface area contributed by atoms with Crippen molar-refractivity contribution in [3.05, 3.63) is 59.7 Å². The number of benzene rings is 1. The van der Waals surface area contributed by atoms with Crippen LogP contribution in [0.5, 0.6) is 0 Å². The lowest BCUT2D eigenvalue weighted by atomic mass is 10.1. The van der Waals surface area contributed by atoms with Crippen LogP contribution in [0.25, 0.3) is 5.69 Å². The van der Waals surface area contributed by atoms with Gasteiger partial charge >= 0.3 is 0 Å². The fourth-order valence-electron chi connectivity index (χ4n) is 2.32. The molecule has 0 aliphatic heterocycles. The number of hydrogen-bond donors (Lipinski definition) is 1. The summed E-state index contributed by atoms with van der Waals surface area (Å²) in [5, 5.41) is 23.0. The van der Waals surface area contributed by atoms with Crippen LogP contribution in [0.15, 0.2) is 42.6 Å². The van der Waals surface area contributed by atoms with Gasteiger partial charge in [-0.25, -0.2) is 4.68 Å². The highest BCUT2D eigenvalue weighted by molar-refractivity contribution is 5.33. The molecule has 2 heterocycles. The van der Waals surface area contributed by atoms with E-state index in [2.05, 4.69) is 15.4 Å². The molecule has 0 saturated carbocycles. The predicted octanol–water partition coefficient (Wildman–Crippen LogP) is 1.64. The Balaban J connectivity index is 2.01. The van der Waals surface area contributed by atoms with Gasteiger partial charge in [0.25, 0.3) is 0 Å². The van der Waals surface area contributed by atoms with Gasteiger partial charge in [0.15, 0.2) is 0 Å². The Morgan fingerprint density at radius 2 is 1.95 bits per heavy atom. The normalized spacial score (nSPS) is 12.5. The summed E-state index contributed by atoms with van der Waals surface area (Å²) in [5.74, 6) is 0. The minimum atomic E-state index is -0.821. The summed E-state index contributed by atoms with van der Waals surface area (Å²) in [4.78, 5) is 0. The van der Waals surface area contributed by atoms with Crippen LogP contribution in [-0.2, 0) is 13.5 Å². The van der Waals surface area contributed by atoms with Gasteiger partial charge in [-0.2, -0.15) is 5.10 Å². The monoisotopic (exact) mass is 283 g/mol. The lowest BCUT2D eigenvalue weighted by molar-refractivity contribution is 0.201. The van der Waals surface area contributed by atoms with Crippen molar-refractivity contribution in [3.63, 3.8) is 0 Å². The summed E-state index contributed by atoms with van der Waals surface area (Å²) >= 11 is 0. The van der Waals surface area contributed by atoms with Gasteiger partial charge in [-0.3, -0.25) is 4.68 Å². The van der Waals surface area contributed by atoms with Crippen molar-refractivity contribution in [1.82, 2.24) is 24.8 Å². The average molecular weight is 283 g/mol. The molecule has 1 unspecified atom stereocenters. The second kappa shape index (κ2) is 5.49. The van der Waals surface area contributed by atoms with Gasteiger partial charge in [-0.1, -0.05) is 30.3 Å². The molecule has 0 spiro atoms. The van der Waals surface area contributed by atoms with Gasteiger partial charge in [-0.15, -0.1) is 5.10 Å². The molecule has 6 nitrogen and oxygen atoms in total. The van der Waals surface area contributed by atoms with Crippen molar-refractivity contribution in [2.75, 3.05) is 0 Å². The molecule has 0 amide bonds. The highest BCUT2D eigenvalue weighted by Crippen LogP contribution is 2.23. The maximum atomic E-state index is 10.7. The van der Waals surface area contributed by atoms with Crippen molar-refractivity contribution in [2.24, 2.45) is 7.05 Å². The van der Waals surface area contributed by atoms with Crippen LogP contribution >= 0.6 is 0 Å². The fraction of sp³-hybridized carbons (Fsp3) is 0.267. The third kappa shape index (κ3) is 2.45. The van der Waals surface area contributed by atoms with E-state index in [4.69, 9.17) is 0 Å². The quantitative estimate of drug-likeness (QED) is 0.790. The van der Waals surface area contributed by atoms with E-state index < -0.39 is 6.10 Å². The van der Waals surface area contributed by atoms with E-state index >= 15 is 0 Å². The summed E-state index contributed by atoms with van der Waals surface area (Å²) in [6, 6.07) is 11.5. The van der Waals surface area contributed by atoms with Gasteiger partial charge in [0.05, 0.1) is 29.0 Å². The smallest absolute Gasteiger partial charge is 0.139 e. The number of aliphatic hydroxyl groups is 1. The zero-order chi connectivity index (χ0) is 14.8. The molecule has 0 saturated heterocycles. The standard InChI is InChI=1S/C15H17N5O/c1-3-11-9-13(19(2)17-11)15(21)14-10-16-18-20(14)12-7-5-4-6-8-12/h4-10,15,21H,3H2,1-2H3. The largest absolute Gasteiger partial charge is 0.380 e. The van der Waals surface area contributed by atoms with Crippen LogP contribution in [-0.4, -0.2) is 29.9 Å². The Bertz CT molecular complexity index is 732. The van der Waals surface area contributed by atoms with Crippen LogP contribution in [0.3, 0.4) is 0 Å². The zero-order valence-electron chi connectivity index (χ0n) is 12.0. The summed E-state index contributed by atoms with van der Waals surface area (Å²) in [6.45, 7) is 2.04. The molecule has 1 atom stereocenters. The van der Waals surface area contributed by atoms with Gasteiger partial charge in [0, 0.05) is 7.05 Å². The Morgan fingerprint density at radius 3 is 2.62 bits per heavy atom.